The molecule has 0 bridgehead atoms. The van der Waals surface area contributed by atoms with Crippen LogP contribution in [0, 0.1) is 6.92 Å². The molecule has 0 spiro atoms. The summed E-state index contributed by atoms with van der Waals surface area (Å²) in [5.41, 5.74) is 0.433. The number of aromatic nitrogens is 2. The minimum Gasteiger partial charge on any atom is -0.352 e. The highest BCUT2D eigenvalue weighted by Crippen LogP contribution is 2.25. The van der Waals surface area contributed by atoms with Gasteiger partial charge in [-0.3, -0.25) is 9.52 Å². The molecule has 2 N–H and O–H groups in total. The van der Waals surface area contributed by atoms with Crippen LogP contribution in [0.4, 0.5) is 5.13 Å². The van der Waals surface area contributed by atoms with E-state index in [9.17, 15) is 13.2 Å². The Hall–Kier alpha value is -1.71. The first-order valence-corrected chi connectivity index (χ1v) is 8.32. The van der Waals surface area contributed by atoms with Gasteiger partial charge in [-0.15, -0.1) is 0 Å². The predicted octanol–water partition coefficient (Wildman–Crippen LogP) is 1.66. The summed E-state index contributed by atoms with van der Waals surface area (Å²) in [5.74, 6) is -0.585. The first-order valence-electron chi connectivity index (χ1n) is 5.69. The van der Waals surface area contributed by atoms with Gasteiger partial charge in [0.15, 0.2) is 0 Å². The van der Waals surface area contributed by atoms with E-state index in [4.69, 9.17) is 11.6 Å². The second-order valence-corrected chi connectivity index (χ2v) is 6.78. The van der Waals surface area contributed by atoms with Crippen LogP contribution in [0.5, 0.6) is 0 Å². The number of rotatable bonds is 4. The van der Waals surface area contributed by atoms with Crippen molar-refractivity contribution in [1.82, 2.24) is 14.7 Å². The Bertz CT molecular complexity index is 789. The van der Waals surface area contributed by atoms with Crippen LogP contribution in [0.2, 0.25) is 5.02 Å². The van der Waals surface area contributed by atoms with Crippen LogP contribution < -0.4 is 10.0 Å². The van der Waals surface area contributed by atoms with Crippen molar-refractivity contribution in [3.63, 3.8) is 0 Å². The molecule has 10 heteroatoms. The third-order valence-corrected chi connectivity index (χ3v) is 5.24. The lowest BCUT2D eigenvalue weighted by atomic mass is 10.2. The van der Waals surface area contributed by atoms with Crippen LogP contribution in [0.1, 0.15) is 16.2 Å². The molecule has 1 aromatic carbocycles. The van der Waals surface area contributed by atoms with Gasteiger partial charge in [0.05, 0.1) is 4.90 Å². The van der Waals surface area contributed by atoms with Crippen molar-refractivity contribution in [3.05, 3.63) is 34.6 Å². The molecule has 21 heavy (non-hydrogen) atoms. The van der Waals surface area contributed by atoms with E-state index in [1.807, 2.05) is 0 Å². The molecule has 0 saturated carbocycles. The SMILES string of the molecule is CNC(=O)c1nsc(NS(=O)(=O)c2cccc(Cl)c2C)n1. The van der Waals surface area contributed by atoms with Crippen molar-refractivity contribution >= 4 is 44.2 Å². The third-order valence-electron chi connectivity index (χ3n) is 2.59. The molecule has 0 unspecified atom stereocenters. The smallest absolute Gasteiger partial charge is 0.289 e. The van der Waals surface area contributed by atoms with Gasteiger partial charge >= 0.3 is 0 Å². The summed E-state index contributed by atoms with van der Waals surface area (Å²) in [6.45, 7) is 1.60. The molecule has 0 radical (unpaired) electrons. The zero-order valence-electron chi connectivity index (χ0n) is 11.0. The van der Waals surface area contributed by atoms with E-state index in [1.165, 1.54) is 13.1 Å². The Labute approximate surface area is 130 Å². The lowest BCUT2D eigenvalue weighted by Gasteiger charge is -2.08. The Morgan fingerprint density at radius 2 is 2.10 bits per heavy atom. The maximum Gasteiger partial charge on any atom is 0.289 e. The van der Waals surface area contributed by atoms with Crippen LogP contribution in [-0.4, -0.2) is 30.7 Å². The number of carbonyl (C=O) groups excluding carboxylic acids is 1. The van der Waals surface area contributed by atoms with E-state index >= 15 is 0 Å². The quantitative estimate of drug-likeness (QED) is 0.876. The summed E-state index contributed by atoms with van der Waals surface area (Å²) < 4.78 is 30.6. The average Bonchev–Trinajstić information content (AvgIpc) is 2.88. The van der Waals surface area contributed by atoms with Gasteiger partial charge in [-0.05, 0) is 24.6 Å². The first-order chi connectivity index (χ1) is 9.85. The summed E-state index contributed by atoms with van der Waals surface area (Å²) in [7, 11) is -2.41. The maximum absolute atomic E-state index is 12.3. The molecule has 0 atom stereocenters. The molecule has 0 aliphatic heterocycles. The molecule has 2 rings (SSSR count). The highest BCUT2D eigenvalue weighted by molar-refractivity contribution is 7.93. The van der Waals surface area contributed by atoms with E-state index in [2.05, 4.69) is 19.4 Å². The molecule has 0 fully saturated rings. The molecule has 0 saturated heterocycles. The fraction of sp³-hybridized carbons (Fsp3) is 0.182. The summed E-state index contributed by atoms with van der Waals surface area (Å²) >= 11 is 6.70. The molecule has 1 aromatic heterocycles. The van der Waals surface area contributed by atoms with E-state index in [0.717, 1.165) is 11.5 Å². The molecule has 1 amide bonds. The Balaban J connectivity index is 2.31. The number of benzene rings is 1. The Morgan fingerprint density at radius 3 is 2.76 bits per heavy atom. The summed E-state index contributed by atoms with van der Waals surface area (Å²) in [4.78, 5) is 15.2. The topological polar surface area (TPSA) is 101 Å². The van der Waals surface area contributed by atoms with Crippen LogP contribution >= 0.6 is 23.1 Å². The monoisotopic (exact) mass is 346 g/mol. The van der Waals surface area contributed by atoms with Gasteiger partial charge < -0.3 is 5.32 Å². The van der Waals surface area contributed by atoms with Crippen molar-refractivity contribution in [2.24, 2.45) is 0 Å². The van der Waals surface area contributed by atoms with Crippen LogP contribution in [0.15, 0.2) is 23.1 Å². The zero-order valence-corrected chi connectivity index (χ0v) is 13.4. The van der Waals surface area contributed by atoms with E-state index in [0.29, 0.717) is 10.6 Å². The van der Waals surface area contributed by atoms with Crippen molar-refractivity contribution in [3.8, 4) is 0 Å². The summed E-state index contributed by atoms with van der Waals surface area (Å²) in [5, 5.41) is 2.71. The number of hydrogen-bond donors (Lipinski definition) is 2. The van der Waals surface area contributed by atoms with Crippen LogP contribution in [0.3, 0.4) is 0 Å². The zero-order chi connectivity index (χ0) is 15.6. The summed E-state index contributed by atoms with van der Waals surface area (Å²) in [6.07, 6.45) is 0. The van der Waals surface area contributed by atoms with Crippen molar-refractivity contribution in [1.29, 1.82) is 0 Å². The summed E-state index contributed by atoms with van der Waals surface area (Å²) in [6, 6.07) is 4.58. The normalized spacial score (nSPS) is 11.2. The molecule has 2 aromatic rings. The average molecular weight is 347 g/mol. The number of carbonyl (C=O) groups is 1. The number of nitrogens with zero attached hydrogens (tertiary/aromatic N) is 2. The molecule has 7 nitrogen and oxygen atoms in total. The Kier molecular flexibility index (Phi) is 4.45. The lowest BCUT2D eigenvalue weighted by Crippen LogP contribution is -2.19. The van der Waals surface area contributed by atoms with Crippen molar-refractivity contribution < 1.29 is 13.2 Å². The van der Waals surface area contributed by atoms with Crippen molar-refractivity contribution in [2.75, 3.05) is 11.8 Å². The van der Waals surface area contributed by atoms with Crippen LogP contribution in [-0.2, 0) is 10.0 Å². The number of hydrogen-bond acceptors (Lipinski definition) is 6. The van der Waals surface area contributed by atoms with E-state index in [-0.39, 0.29) is 15.9 Å². The number of amides is 1. The molecule has 112 valence electrons. The lowest BCUT2D eigenvalue weighted by molar-refractivity contribution is 0.0954. The third kappa shape index (κ3) is 3.31. The predicted molar refractivity (Wildman–Crippen MR) is 80.3 cm³/mol. The van der Waals surface area contributed by atoms with Crippen molar-refractivity contribution in [2.45, 2.75) is 11.8 Å². The second kappa shape index (κ2) is 5.96. The minimum absolute atomic E-state index is 0.00738. The maximum atomic E-state index is 12.3. The molecule has 1 heterocycles. The van der Waals surface area contributed by atoms with Gasteiger partial charge in [-0.25, -0.2) is 8.42 Å². The van der Waals surface area contributed by atoms with Gasteiger partial charge in [0, 0.05) is 23.6 Å². The van der Waals surface area contributed by atoms with Crippen LogP contribution in [0.25, 0.3) is 0 Å². The molecular formula is C11H11ClN4O3S2. The standard InChI is InChI=1S/C11H11ClN4O3S2/c1-6-7(12)4-3-5-8(6)21(18,19)16-11-14-9(15-20-11)10(17)13-2/h3-5H,1-2H3,(H,13,17)(H,14,15,16). The van der Waals surface area contributed by atoms with Gasteiger partial charge in [0.25, 0.3) is 15.9 Å². The van der Waals surface area contributed by atoms with Gasteiger partial charge in [-0.2, -0.15) is 9.36 Å². The number of halogens is 1. The van der Waals surface area contributed by atoms with Gasteiger partial charge in [-0.1, -0.05) is 17.7 Å². The Morgan fingerprint density at radius 1 is 1.38 bits per heavy atom. The fourth-order valence-corrected chi connectivity index (χ4v) is 3.81. The number of anilines is 1. The fourth-order valence-electron chi connectivity index (χ4n) is 1.52. The highest BCUT2D eigenvalue weighted by Gasteiger charge is 2.21. The molecular weight excluding hydrogens is 336 g/mol. The van der Waals surface area contributed by atoms with E-state index in [1.54, 1.807) is 19.1 Å². The first kappa shape index (κ1) is 15.7. The van der Waals surface area contributed by atoms with E-state index < -0.39 is 15.9 Å². The number of nitrogens with one attached hydrogen (secondary N) is 2. The molecule has 0 aliphatic carbocycles. The molecule has 0 aliphatic rings. The van der Waals surface area contributed by atoms with Gasteiger partial charge in [0.2, 0.25) is 11.0 Å². The minimum atomic E-state index is -3.84. The second-order valence-electron chi connectivity index (χ2n) is 3.97. The number of sulfonamides is 1. The largest absolute Gasteiger partial charge is 0.352 e. The van der Waals surface area contributed by atoms with Gasteiger partial charge in [0.1, 0.15) is 0 Å². The highest BCUT2D eigenvalue weighted by atomic mass is 35.5.